The number of ketones is 1. The number of carbonyl (C=O) groups is 3. The van der Waals surface area contributed by atoms with Crippen molar-refractivity contribution in [3.63, 3.8) is 0 Å². The Morgan fingerprint density at radius 2 is 1.94 bits per heavy atom. The van der Waals surface area contributed by atoms with Gasteiger partial charge in [0.1, 0.15) is 0 Å². The lowest BCUT2D eigenvalue weighted by atomic mass is 9.94. The standard InChI is InChI=1S/C20H21N7O6S2/c1-10-6-7-13(12(8-10)16(30)11-4-2-3-5-11)21-18(31)23-19-22-14(9-15(28)29)17(34-19)35(32,33)20-24-26-27-25-20/h6-8,11H,2-5,9H2,1H3,(H,28,29)(H2,21,22,23,31)(H,24,25,26,27). The minimum atomic E-state index is -4.32. The first kappa shape index (κ1) is 24.4. The van der Waals surface area contributed by atoms with Crippen LogP contribution in [0, 0.1) is 12.8 Å². The molecule has 0 saturated heterocycles. The molecule has 2 aromatic heterocycles. The van der Waals surface area contributed by atoms with Crippen molar-refractivity contribution in [1.29, 1.82) is 0 Å². The van der Waals surface area contributed by atoms with Gasteiger partial charge in [0, 0.05) is 11.5 Å². The summed E-state index contributed by atoms with van der Waals surface area (Å²) in [7, 11) is -4.32. The highest BCUT2D eigenvalue weighted by molar-refractivity contribution is 7.93. The quantitative estimate of drug-likeness (QED) is 0.321. The van der Waals surface area contributed by atoms with E-state index in [1.54, 1.807) is 18.2 Å². The average molecular weight is 520 g/mol. The fourth-order valence-electron chi connectivity index (χ4n) is 3.84. The van der Waals surface area contributed by atoms with Gasteiger partial charge in [0.25, 0.3) is 15.0 Å². The van der Waals surface area contributed by atoms with E-state index in [4.69, 9.17) is 5.11 Å². The molecule has 2 amide bonds. The second-order valence-electron chi connectivity index (χ2n) is 8.00. The lowest BCUT2D eigenvalue weighted by Crippen LogP contribution is -2.22. The minimum absolute atomic E-state index is 0.0343. The number of anilines is 2. The Morgan fingerprint density at radius 3 is 2.60 bits per heavy atom. The van der Waals surface area contributed by atoms with Crippen molar-refractivity contribution >= 4 is 49.8 Å². The van der Waals surface area contributed by atoms with Gasteiger partial charge in [-0.05, 0) is 37.1 Å². The number of tetrazole rings is 1. The topological polar surface area (TPSA) is 197 Å². The second kappa shape index (κ2) is 9.87. The molecule has 1 fully saturated rings. The van der Waals surface area contributed by atoms with Gasteiger partial charge in [0.2, 0.25) is 0 Å². The first-order valence-electron chi connectivity index (χ1n) is 10.6. The first-order valence-corrected chi connectivity index (χ1v) is 12.9. The second-order valence-corrected chi connectivity index (χ2v) is 11.0. The molecule has 0 bridgehead atoms. The number of nitrogens with zero attached hydrogens (tertiary/aromatic N) is 4. The normalized spacial score (nSPS) is 14.1. The third-order valence-electron chi connectivity index (χ3n) is 5.43. The fourth-order valence-corrected chi connectivity index (χ4v) is 6.35. The molecular formula is C20H21N7O6S2. The zero-order chi connectivity index (χ0) is 25.2. The smallest absolute Gasteiger partial charge is 0.325 e. The number of amides is 2. The number of H-pyrrole nitrogens is 1. The molecule has 184 valence electrons. The van der Waals surface area contributed by atoms with Crippen molar-refractivity contribution in [2.24, 2.45) is 5.92 Å². The van der Waals surface area contributed by atoms with Crippen LogP contribution in [-0.2, 0) is 21.1 Å². The number of Topliss-reactive ketones (excluding diaryl/α,β-unsaturated/α-hetero) is 1. The van der Waals surface area contributed by atoms with E-state index in [2.05, 4.69) is 31.0 Å². The molecule has 1 aliphatic rings. The van der Waals surface area contributed by atoms with Gasteiger partial charge in [-0.2, -0.15) is 5.21 Å². The number of thiazole rings is 1. The number of hydrogen-bond acceptors (Lipinski definition) is 10. The Balaban J connectivity index is 1.58. The van der Waals surface area contributed by atoms with Crippen LogP contribution < -0.4 is 10.6 Å². The van der Waals surface area contributed by atoms with Gasteiger partial charge in [-0.1, -0.05) is 40.9 Å². The minimum Gasteiger partial charge on any atom is -0.481 e. The third-order valence-corrected chi connectivity index (χ3v) is 8.52. The van der Waals surface area contributed by atoms with Crippen LogP contribution in [0.2, 0.25) is 0 Å². The summed E-state index contributed by atoms with van der Waals surface area (Å²) < 4.78 is 25.2. The Kier molecular flexibility index (Phi) is 6.88. The van der Waals surface area contributed by atoms with E-state index in [-0.39, 0.29) is 22.5 Å². The molecule has 0 spiro atoms. The molecule has 3 aromatic rings. The highest BCUT2D eigenvalue weighted by Crippen LogP contribution is 2.33. The Morgan fingerprint density at radius 1 is 1.20 bits per heavy atom. The molecule has 4 rings (SSSR count). The molecule has 15 heteroatoms. The van der Waals surface area contributed by atoms with Crippen LogP contribution >= 0.6 is 11.3 Å². The molecule has 0 atom stereocenters. The third kappa shape index (κ3) is 5.35. The van der Waals surface area contributed by atoms with E-state index in [1.165, 1.54) is 0 Å². The van der Waals surface area contributed by atoms with Crippen molar-refractivity contribution in [2.75, 3.05) is 10.6 Å². The largest absolute Gasteiger partial charge is 0.481 e. The van der Waals surface area contributed by atoms with Gasteiger partial charge in [0.15, 0.2) is 15.1 Å². The number of aliphatic carboxylic acids is 1. The molecule has 1 aromatic carbocycles. The van der Waals surface area contributed by atoms with E-state index in [9.17, 15) is 22.8 Å². The first-order chi connectivity index (χ1) is 16.6. The van der Waals surface area contributed by atoms with Crippen LogP contribution in [-0.4, -0.2) is 56.9 Å². The predicted octanol–water partition coefficient (Wildman–Crippen LogP) is 2.44. The molecule has 4 N–H and O–H groups in total. The Hall–Kier alpha value is -3.72. The predicted molar refractivity (Wildman–Crippen MR) is 123 cm³/mol. The number of rotatable bonds is 8. The van der Waals surface area contributed by atoms with Crippen molar-refractivity contribution < 1.29 is 27.9 Å². The van der Waals surface area contributed by atoms with Crippen LogP contribution in [0.4, 0.5) is 15.6 Å². The number of sulfone groups is 1. The SMILES string of the molecule is Cc1ccc(NC(=O)Nc2nc(CC(=O)O)c(S(=O)(=O)c3nn[nH]n3)s2)c(C(=O)C2CCCC2)c1. The van der Waals surface area contributed by atoms with E-state index in [1.807, 2.05) is 12.1 Å². The van der Waals surface area contributed by atoms with Gasteiger partial charge in [-0.25, -0.2) is 18.2 Å². The summed E-state index contributed by atoms with van der Waals surface area (Å²) in [6.07, 6.45) is 2.89. The molecular weight excluding hydrogens is 498 g/mol. The van der Waals surface area contributed by atoms with Gasteiger partial charge in [-0.3, -0.25) is 14.9 Å². The van der Waals surface area contributed by atoms with E-state index in [0.29, 0.717) is 22.6 Å². The molecule has 0 unspecified atom stereocenters. The number of aryl methyl sites for hydroxylation is 1. The highest BCUT2D eigenvalue weighted by Gasteiger charge is 2.31. The zero-order valence-electron chi connectivity index (χ0n) is 18.4. The van der Waals surface area contributed by atoms with E-state index in [0.717, 1.165) is 31.2 Å². The maximum absolute atomic E-state index is 13.0. The molecule has 0 aliphatic heterocycles. The fraction of sp³-hybridized carbons (Fsp3) is 0.350. The summed E-state index contributed by atoms with van der Waals surface area (Å²) in [4.78, 5) is 40.9. The monoisotopic (exact) mass is 519 g/mol. The number of urea groups is 1. The molecule has 1 saturated carbocycles. The Labute approximate surface area is 203 Å². The molecule has 0 radical (unpaired) electrons. The van der Waals surface area contributed by atoms with Crippen LogP contribution in [0.1, 0.15) is 47.3 Å². The summed E-state index contributed by atoms with van der Waals surface area (Å²) >= 11 is 0.556. The van der Waals surface area contributed by atoms with Crippen molar-refractivity contribution in [1.82, 2.24) is 25.6 Å². The van der Waals surface area contributed by atoms with Crippen LogP contribution in [0.25, 0.3) is 0 Å². The lowest BCUT2D eigenvalue weighted by Gasteiger charge is -2.14. The number of benzene rings is 1. The molecule has 2 heterocycles. The average Bonchev–Trinajstić information content (AvgIpc) is 3.56. The number of aromatic nitrogens is 5. The van der Waals surface area contributed by atoms with Crippen molar-refractivity contribution in [3.8, 4) is 0 Å². The number of aromatic amines is 1. The maximum Gasteiger partial charge on any atom is 0.325 e. The maximum atomic E-state index is 13.0. The summed E-state index contributed by atoms with van der Waals surface area (Å²) in [6, 6.07) is 4.33. The molecule has 1 aliphatic carbocycles. The van der Waals surface area contributed by atoms with Gasteiger partial charge < -0.3 is 10.4 Å². The van der Waals surface area contributed by atoms with E-state index >= 15 is 0 Å². The number of carboxylic acid groups (broad SMARTS) is 1. The summed E-state index contributed by atoms with van der Waals surface area (Å²) in [5.41, 5.74) is 1.30. The van der Waals surface area contributed by atoms with Crippen molar-refractivity contribution in [2.45, 2.75) is 48.4 Å². The number of hydrogen-bond donors (Lipinski definition) is 4. The number of nitrogens with one attached hydrogen (secondary N) is 3. The number of carbonyl (C=O) groups excluding carboxylic acids is 2. The van der Waals surface area contributed by atoms with E-state index < -0.39 is 37.6 Å². The molecule has 35 heavy (non-hydrogen) atoms. The highest BCUT2D eigenvalue weighted by atomic mass is 32.2. The summed E-state index contributed by atoms with van der Waals surface area (Å²) in [5.74, 6) is -1.44. The Bertz CT molecular complexity index is 1380. The van der Waals surface area contributed by atoms with Crippen LogP contribution in [0.15, 0.2) is 27.6 Å². The lowest BCUT2D eigenvalue weighted by molar-refractivity contribution is -0.136. The van der Waals surface area contributed by atoms with Gasteiger partial charge in [0.05, 0.1) is 17.8 Å². The van der Waals surface area contributed by atoms with Crippen molar-refractivity contribution in [3.05, 3.63) is 35.0 Å². The number of carboxylic acids is 1. The zero-order valence-corrected chi connectivity index (χ0v) is 20.1. The van der Waals surface area contributed by atoms with Crippen LogP contribution in [0.5, 0.6) is 0 Å². The van der Waals surface area contributed by atoms with Crippen LogP contribution in [0.3, 0.4) is 0 Å². The summed E-state index contributed by atoms with van der Waals surface area (Å²) in [5, 5.41) is 25.5. The van der Waals surface area contributed by atoms with Gasteiger partial charge in [-0.15, -0.1) is 5.10 Å². The van der Waals surface area contributed by atoms with Gasteiger partial charge >= 0.3 is 12.0 Å². The summed E-state index contributed by atoms with van der Waals surface area (Å²) in [6.45, 7) is 1.85. The molecule has 13 nitrogen and oxygen atoms in total.